The summed E-state index contributed by atoms with van der Waals surface area (Å²) in [5.41, 5.74) is 0. The molecule has 4 aromatic rings. The van der Waals surface area contributed by atoms with Crippen LogP contribution in [0.1, 0.15) is 6.42 Å². The summed E-state index contributed by atoms with van der Waals surface area (Å²) in [6, 6.07) is 24.4. The van der Waals surface area contributed by atoms with Gasteiger partial charge in [0.25, 0.3) is 0 Å². The first-order valence-corrected chi connectivity index (χ1v) is 17.4. The molecule has 10 heteroatoms. The Labute approximate surface area is 269 Å². The highest BCUT2D eigenvalue weighted by Crippen LogP contribution is 2.43. The molecule has 0 aliphatic rings. The van der Waals surface area contributed by atoms with Gasteiger partial charge in [0.1, 0.15) is 46.0 Å². The molecule has 0 aliphatic carbocycles. The van der Waals surface area contributed by atoms with Gasteiger partial charge >= 0.3 is 0 Å². The smallest absolute Gasteiger partial charge is 0.123 e. The Morgan fingerprint density at radius 1 is 0.311 bits per heavy atom. The van der Waals surface area contributed by atoms with Gasteiger partial charge in [-0.1, -0.05) is 0 Å². The second kappa shape index (κ2) is 16.5. The molecule has 4 aromatic carbocycles. The largest absolute Gasteiger partial charge is 0.497 e. The number of hydrogen-bond donors (Lipinski definition) is 0. The zero-order valence-corrected chi connectivity index (χ0v) is 29.0. The highest BCUT2D eigenvalue weighted by molar-refractivity contribution is 7.74. The average Bonchev–Trinajstić information content (AvgIpc) is 3.10. The molecular formula is C35H42O8P2. The molecule has 4 rings (SSSR count). The van der Waals surface area contributed by atoms with E-state index in [9.17, 15) is 0 Å². The van der Waals surface area contributed by atoms with Gasteiger partial charge in [-0.25, -0.2) is 0 Å². The Bertz CT molecular complexity index is 1250. The molecule has 240 valence electrons. The molecule has 0 saturated carbocycles. The van der Waals surface area contributed by atoms with E-state index in [-0.39, 0.29) is 0 Å². The molecular weight excluding hydrogens is 610 g/mol. The van der Waals surface area contributed by atoms with E-state index in [0.717, 1.165) is 86.0 Å². The Hall–Kier alpha value is -3.86. The minimum atomic E-state index is -0.853. The zero-order chi connectivity index (χ0) is 32.3. The molecule has 0 aromatic heterocycles. The fraction of sp³-hybridized carbons (Fsp3) is 0.314. The molecule has 0 aliphatic heterocycles. The topological polar surface area (TPSA) is 73.8 Å². The van der Waals surface area contributed by atoms with E-state index in [1.807, 2.05) is 24.3 Å². The standard InChI is InChI=1S/C35H42O8P2/c1-36-24-12-25(37-2)17-32(16-24)44(33-18-26(38-3)13-27(19-33)39-4)10-9-11-45(34-20-28(40-5)14-29(21-34)41-6)35-22-30(42-7)15-31(23-35)43-8/h12-23H,9-11H2,1-8H3. The van der Waals surface area contributed by atoms with Gasteiger partial charge in [-0.15, -0.1) is 0 Å². The van der Waals surface area contributed by atoms with Crippen LogP contribution in [-0.2, 0) is 0 Å². The van der Waals surface area contributed by atoms with Crippen molar-refractivity contribution in [3.63, 3.8) is 0 Å². The second-order valence-corrected chi connectivity index (χ2v) is 14.6. The van der Waals surface area contributed by atoms with Crippen molar-refractivity contribution < 1.29 is 37.9 Å². The third-order valence-electron chi connectivity index (χ3n) is 7.35. The molecule has 0 atom stereocenters. The SMILES string of the molecule is COc1cc(OC)cc(P(CCCP(c2cc(OC)cc(OC)c2)c2cc(OC)cc(OC)c2)c2cc(OC)cc(OC)c2)c1. The molecule has 0 radical (unpaired) electrons. The summed E-state index contributed by atoms with van der Waals surface area (Å²) in [4.78, 5) is 0. The summed E-state index contributed by atoms with van der Waals surface area (Å²) < 4.78 is 45.2. The Morgan fingerprint density at radius 3 is 0.644 bits per heavy atom. The summed E-state index contributed by atoms with van der Waals surface area (Å²) in [6.07, 6.45) is 2.74. The molecule has 0 spiro atoms. The van der Waals surface area contributed by atoms with Crippen LogP contribution >= 0.6 is 15.8 Å². The predicted molar refractivity (Wildman–Crippen MR) is 185 cm³/mol. The maximum Gasteiger partial charge on any atom is 0.123 e. The van der Waals surface area contributed by atoms with E-state index < -0.39 is 15.8 Å². The summed E-state index contributed by atoms with van der Waals surface area (Å²) in [5, 5.41) is 4.58. The van der Waals surface area contributed by atoms with Crippen molar-refractivity contribution in [1.82, 2.24) is 0 Å². The van der Waals surface area contributed by atoms with Crippen molar-refractivity contribution in [3.8, 4) is 46.0 Å². The minimum Gasteiger partial charge on any atom is -0.497 e. The van der Waals surface area contributed by atoms with Gasteiger partial charge < -0.3 is 37.9 Å². The van der Waals surface area contributed by atoms with Gasteiger partial charge in [0.2, 0.25) is 0 Å². The number of hydrogen-bond acceptors (Lipinski definition) is 8. The summed E-state index contributed by atoms with van der Waals surface area (Å²) in [5.74, 6) is 6.01. The van der Waals surface area contributed by atoms with Crippen LogP contribution in [0, 0.1) is 0 Å². The Morgan fingerprint density at radius 2 is 0.489 bits per heavy atom. The van der Waals surface area contributed by atoms with Crippen LogP contribution in [0.3, 0.4) is 0 Å². The molecule has 45 heavy (non-hydrogen) atoms. The Balaban J connectivity index is 1.77. The van der Waals surface area contributed by atoms with Crippen molar-refractivity contribution in [1.29, 1.82) is 0 Å². The van der Waals surface area contributed by atoms with Crippen molar-refractivity contribution in [2.24, 2.45) is 0 Å². The van der Waals surface area contributed by atoms with E-state index >= 15 is 0 Å². The lowest BCUT2D eigenvalue weighted by atomic mass is 10.3. The molecule has 0 amide bonds. The highest BCUT2D eigenvalue weighted by Gasteiger charge is 2.22. The molecule has 0 unspecified atom stereocenters. The maximum atomic E-state index is 5.66. The lowest BCUT2D eigenvalue weighted by molar-refractivity contribution is 0.394. The summed E-state index contributed by atoms with van der Waals surface area (Å²) in [7, 11) is 11.7. The average molecular weight is 653 g/mol. The van der Waals surface area contributed by atoms with Gasteiger partial charge in [-0.05, 0) is 104 Å². The van der Waals surface area contributed by atoms with Gasteiger partial charge in [-0.3, -0.25) is 0 Å². The van der Waals surface area contributed by atoms with Crippen LogP contribution in [0.4, 0.5) is 0 Å². The van der Waals surface area contributed by atoms with Crippen molar-refractivity contribution in [3.05, 3.63) is 72.8 Å². The van der Waals surface area contributed by atoms with Crippen LogP contribution in [0.15, 0.2) is 72.8 Å². The molecule has 0 N–H and O–H groups in total. The monoisotopic (exact) mass is 652 g/mol. The quantitative estimate of drug-likeness (QED) is 0.143. The highest BCUT2D eigenvalue weighted by atomic mass is 31.1. The van der Waals surface area contributed by atoms with Gasteiger partial charge in [-0.2, -0.15) is 0 Å². The lowest BCUT2D eigenvalue weighted by Crippen LogP contribution is -2.19. The molecule has 0 saturated heterocycles. The van der Waals surface area contributed by atoms with E-state index in [1.54, 1.807) is 56.9 Å². The van der Waals surface area contributed by atoms with E-state index in [0.29, 0.717) is 0 Å². The number of rotatable bonds is 16. The molecule has 0 heterocycles. The van der Waals surface area contributed by atoms with E-state index in [2.05, 4.69) is 48.5 Å². The number of methoxy groups -OCH3 is 8. The van der Waals surface area contributed by atoms with Crippen molar-refractivity contribution in [2.45, 2.75) is 6.42 Å². The third-order valence-corrected chi connectivity index (χ3v) is 12.4. The molecule has 8 nitrogen and oxygen atoms in total. The van der Waals surface area contributed by atoms with Gasteiger partial charge in [0.15, 0.2) is 0 Å². The molecule has 0 fully saturated rings. The Kier molecular flexibility index (Phi) is 12.4. The van der Waals surface area contributed by atoms with Crippen molar-refractivity contribution in [2.75, 3.05) is 69.2 Å². The maximum absolute atomic E-state index is 5.66. The van der Waals surface area contributed by atoms with Gasteiger partial charge in [0.05, 0.1) is 56.9 Å². The minimum absolute atomic E-state index is 0.751. The van der Waals surface area contributed by atoms with Gasteiger partial charge in [0, 0.05) is 24.3 Å². The number of ether oxygens (including phenoxy) is 8. The third kappa shape index (κ3) is 8.65. The van der Waals surface area contributed by atoms with Crippen LogP contribution in [0.2, 0.25) is 0 Å². The fourth-order valence-electron chi connectivity index (χ4n) is 4.99. The first-order chi connectivity index (χ1) is 21.9. The fourth-order valence-corrected chi connectivity index (χ4v) is 10.1. The first kappa shape index (κ1) is 34.0. The van der Waals surface area contributed by atoms with Crippen LogP contribution < -0.4 is 59.1 Å². The number of benzene rings is 4. The van der Waals surface area contributed by atoms with Crippen LogP contribution in [0.25, 0.3) is 0 Å². The normalized spacial score (nSPS) is 10.9. The lowest BCUT2D eigenvalue weighted by Gasteiger charge is -2.24. The van der Waals surface area contributed by atoms with Crippen molar-refractivity contribution >= 4 is 37.1 Å². The zero-order valence-electron chi connectivity index (χ0n) is 27.2. The van der Waals surface area contributed by atoms with Crippen LogP contribution in [0.5, 0.6) is 46.0 Å². The summed E-state index contributed by atoms with van der Waals surface area (Å²) >= 11 is 0. The van der Waals surface area contributed by atoms with Crippen LogP contribution in [-0.4, -0.2) is 69.2 Å². The first-order valence-electron chi connectivity index (χ1n) is 14.4. The van der Waals surface area contributed by atoms with E-state index in [4.69, 9.17) is 37.9 Å². The molecule has 0 bridgehead atoms. The predicted octanol–water partition coefficient (Wildman–Crippen LogP) is 5.71. The summed E-state index contributed by atoms with van der Waals surface area (Å²) in [6.45, 7) is 0. The second-order valence-electron chi connectivity index (χ2n) is 9.94. The van der Waals surface area contributed by atoms with E-state index in [1.165, 1.54) is 0 Å².